The normalized spacial score (nSPS) is 25.1. The quantitative estimate of drug-likeness (QED) is 0.735. The van der Waals surface area contributed by atoms with Crippen molar-refractivity contribution in [1.29, 1.82) is 0 Å². The molecule has 1 fully saturated rings. The second-order valence-electron chi connectivity index (χ2n) is 5.27. The van der Waals surface area contributed by atoms with Crippen LogP contribution >= 0.6 is 0 Å². The average Bonchev–Trinajstić information content (AvgIpc) is 2.56. The molecule has 0 saturated carbocycles. The van der Waals surface area contributed by atoms with E-state index in [0.29, 0.717) is 12.1 Å². The first-order valence-corrected chi connectivity index (χ1v) is 6.49. The first-order chi connectivity index (χ1) is 8.06. The topological polar surface area (TPSA) is 25.2 Å². The molecular formula is C14H22N2O. The van der Waals surface area contributed by atoms with Gasteiger partial charge in [-0.25, -0.2) is 0 Å². The van der Waals surface area contributed by atoms with Crippen LogP contribution < -0.4 is 5.01 Å². The number of aldehydes is 1. The number of nitrogens with zero attached hydrogens (tertiary/aromatic N) is 2. The zero-order chi connectivity index (χ0) is 12.6. The van der Waals surface area contributed by atoms with Crippen molar-refractivity contribution in [3.05, 3.63) is 23.0 Å². The van der Waals surface area contributed by atoms with Crippen LogP contribution in [-0.4, -0.2) is 23.0 Å². The molecule has 1 aromatic heterocycles. The molecule has 0 radical (unpaired) electrons. The van der Waals surface area contributed by atoms with Crippen LogP contribution in [0.4, 0.5) is 0 Å². The predicted octanol–water partition coefficient (Wildman–Crippen LogP) is 2.82. The van der Waals surface area contributed by atoms with Crippen molar-refractivity contribution in [3.8, 4) is 0 Å². The standard InChI is InChI=1S/C14H22N2O/c1-10-6-5-7-11(2)15(10)16-12(3)8-14(9-17)13(16)4/h8-11H,5-7H2,1-4H3. The third kappa shape index (κ3) is 1.99. The summed E-state index contributed by atoms with van der Waals surface area (Å²) >= 11 is 0. The lowest BCUT2D eigenvalue weighted by atomic mass is 10.00. The molecule has 1 aliphatic rings. The van der Waals surface area contributed by atoms with E-state index in [1.54, 1.807) is 0 Å². The Morgan fingerprint density at radius 3 is 2.29 bits per heavy atom. The molecule has 0 aromatic carbocycles. The van der Waals surface area contributed by atoms with Crippen molar-refractivity contribution in [2.45, 2.75) is 59.0 Å². The summed E-state index contributed by atoms with van der Waals surface area (Å²) in [4.78, 5) is 11.0. The van der Waals surface area contributed by atoms with E-state index >= 15 is 0 Å². The number of rotatable bonds is 2. The van der Waals surface area contributed by atoms with Gasteiger partial charge in [-0.2, -0.15) is 0 Å². The molecule has 2 heterocycles. The van der Waals surface area contributed by atoms with Crippen molar-refractivity contribution in [2.24, 2.45) is 0 Å². The molecular weight excluding hydrogens is 212 g/mol. The minimum absolute atomic E-state index is 0.544. The van der Waals surface area contributed by atoms with Crippen molar-refractivity contribution in [1.82, 2.24) is 4.68 Å². The number of aromatic nitrogens is 1. The lowest BCUT2D eigenvalue weighted by molar-refractivity contribution is 0.112. The SMILES string of the molecule is Cc1cc(C=O)c(C)n1N1C(C)CCCC1C. The van der Waals surface area contributed by atoms with Gasteiger partial charge in [0.05, 0.1) is 0 Å². The molecule has 17 heavy (non-hydrogen) atoms. The zero-order valence-corrected chi connectivity index (χ0v) is 11.2. The molecule has 0 bridgehead atoms. The molecule has 0 N–H and O–H groups in total. The van der Waals surface area contributed by atoms with Gasteiger partial charge >= 0.3 is 0 Å². The molecule has 3 heteroatoms. The largest absolute Gasteiger partial charge is 0.307 e. The number of hydrogen-bond donors (Lipinski definition) is 0. The first-order valence-electron chi connectivity index (χ1n) is 6.49. The number of piperidine rings is 1. The minimum Gasteiger partial charge on any atom is -0.307 e. The summed E-state index contributed by atoms with van der Waals surface area (Å²) in [6, 6.07) is 3.07. The lowest BCUT2D eigenvalue weighted by Gasteiger charge is -2.43. The Bertz CT molecular complexity index is 412. The third-order valence-electron chi connectivity index (χ3n) is 3.94. The summed E-state index contributed by atoms with van der Waals surface area (Å²) in [5, 5.41) is 2.43. The van der Waals surface area contributed by atoms with Gasteiger partial charge < -0.3 is 5.01 Å². The monoisotopic (exact) mass is 234 g/mol. The second-order valence-corrected chi connectivity index (χ2v) is 5.27. The number of aryl methyl sites for hydroxylation is 1. The highest BCUT2D eigenvalue weighted by Crippen LogP contribution is 2.25. The highest BCUT2D eigenvalue weighted by Gasteiger charge is 2.27. The van der Waals surface area contributed by atoms with Crippen LogP contribution in [0.2, 0.25) is 0 Å². The van der Waals surface area contributed by atoms with Crippen LogP contribution in [0.25, 0.3) is 0 Å². The fourth-order valence-corrected chi connectivity index (χ4v) is 3.05. The van der Waals surface area contributed by atoms with Gasteiger partial charge in [-0.3, -0.25) is 9.47 Å². The summed E-state index contributed by atoms with van der Waals surface area (Å²) in [5.74, 6) is 0. The van der Waals surface area contributed by atoms with Crippen LogP contribution in [-0.2, 0) is 0 Å². The van der Waals surface area contributed by atoms with Gasteiger partial charge in [0, 0.05) is 29.0 Å². The Morgan fingerprint density at radius 1 is 1.24 bits per heavy atom. The van der Waals surface area contributed by atoms with Crippen LogP contribution in [0.5, 0.6) is 0 Å². The Kier molecular flexibility index (Phi) is 3.27. The first kappa shape index (κ1) is 12.2. The van der Waals surface area contributed by atoms with Crippen molar-refractivity contribution >= 4 is 6.29 Å². The number of hydrogen-bond acceptors (Lipinski definition) is 2. The maximum absolute atomic E-state index is 11.0. The molecule has 0 aliphatic carbocycles. The molecule has 1 aliphatic heterocycles. The second kappa shape index (κ2) is 4.55. The molecule has 1 saturated heterocycles. The van der Waals surface area contributed by atoms with E-state index in [4.69, 9.17) is 0 Å². The fourth-order valence-electron chi connectivity index (χ4n) is 3.05. The van der Waals surface area contributed by atoms with E-state index in [9.17, 15) is 4.79 Å². The summed E-state index contributed by atoms with van der Waals surface area (Å²) < 4.78 is 2.23. The van der Waals surface area contributed by atoms with Gasteiger partial charge in [0.2, 0.25) is 0 Å². The maximum atomic E-state index is 11.0. The molecule has 2 rings (SSSR count). The molecule has 0 spiro atoms. The van der Waals surface area contributed by atoms with Gasteiger partial charge in [0.15, 0.2) is 6.29 Å². The van der Waals surface area contributed by atoms with E-state index in [1.807, 2.05) is 13.0 Å². The Balaban J connectivity index is 2.44. The van der Waals surface area contributed by atoms with Crippen molar-refractivity contribution in [3.63, 3.8) is 0 Å². The van der Waals surface area contributed by atoms with Crippen LogP contribution in [0, 0.1) is 13.8 Å². The smallest absolute Gasteiger partial charge is 0.151 e. The summed E-state index contributed by atoms with van der Waals surface area (Å²) in [6.45, 7) is 8.66. The fraction of sp³-hybridized carbons (Fsp3) is 0.643. The van der Waals surface area contributed by atoms with E-state index in [1.165, 1.54) is 19.3 Å². The average molecular weight is 234 g/mol. The zero-order valence-electron chi connectivity index (χ0n) is 11.2. The van der Waals surface area contributed by atoms with Gasteiger partial charge in [-0.1, -0.05) is 0 Å². The molecule has 0 amide bonds. The van der Waals surface area contributed by atoms with E-state index in [2.05, 4.69) is 30.5 Å². The van der Waals surface area contributed by atoms with Crippen LogP contribution in [0.15, 0.2) is 6.07 Å². The van der Waals surface area contributed by atoms with E-state index in [-0.39, 0.29) is 0 Å². The number of carbonyl (C=O) groups excluding carboxylic acids is 1. The summed E-state index contributed by atoms with van der Waals surface area (Å²) in [6.07, 6.45) is 4.73. The Hall–Kier alpha value is -1.25. The molecule has 1 aromatic rings. The highest BCUT2D eigenvalue weighted by molar-refractivity contribution is 5.77. The third-order valence-corrected chi connectivity index (χ3v) is 3.94. The maximum Gasteiger partial charge on any atom is 0.151 e. The lowest BCUT2D eigenvalue weighted by Crippen LogP contribution is -2.51. The minimum atomic E-state index is 0.544. The summed E-state index contributed by atoms with van der Waals surface area (Å²) in [5.41, 5.74) is 3.04. The van der Waals surface area contributed by atoms with Crippen molar-refractivity contribution < 1.29 is 4.79 Å². The Labute approximate surface area is 103 Å². The van der Waals surface area contributed by atoms with Crippen LogP contribution in [0.1, 0.15) is 54.9 Å². The predicted molar refractivity (Wildman–Crippen MR) is 70.3 cm³/mol. The van der Waals surface area contributed by atoms with Gasteiger partial charge in [0.25, 0.3) is 0 Å². The molecule has 2 unspecified atom stereocenters. The number of carbonyl (C=O) groups is 1. The van der Waals surface area contributed by atoms with Gasteiger partial charge in [0.1, 0.15) is 0 Å². The molecule has 94 valence electrons. The molecule has 2 atom stereocenters. The van der Waals surface area contributed by atoms with Crippen LogP contribution in [0.3, 0.4) is 0 Å². The van der Waals surface area contributed by atoms with Gasteiger partial charge in [-0.05, 0) is 53.0 Å². The molecule has 3 nitrogen and oxygen atoms in total. The Morgan fingerprint density at radius 2 is 1.82 bits per heavy atom. The van der Waals surface area contributed by atoms with Gasteiger partial charge in [-0.15, -0.1) is 0 Å². The van der Waals surface area contributed by atoms with Crippen molar-refractivity contribution in [2.75, 3.05) is 5.01 Å². The highest BCUT2D eigenvalue weighted by atomic mass is 16.1. The van der Waals surface area contributed by atoms with E-state index in [0.717, 1.165) is 23.2 Å². The summed E-state index contributed by atoms with van der Waals surface area (Å²) in [7, 11) is 0. The van der Waals surface area contributed by atoms with E-state index < -0.39 is 0 Å².